The molecule has 132 valence electrons. The van der Waals surface area contributed by atoms with E-state index in [2.05, 4.69) is 5.32 Å². The van der Waals surface area contributed by atoms with E-state index in [9.17, 15) is 13.2 Å². The third-order valence-corrected chi connectivity index (χ3v) is 6.61. The number of amides is 1. The van der Waals surface area contributed by atoms with Gasteiger partial charge in [0, 0.05) is 11.1 Å². The van der Waals surface area contributed by atoms with E-state index in [1.807, 2.05) is 0 Å². The standard InChI is InChI=1S/C16H20Cl2N2O3S/c1-24(22,23)20(15-5-4-12(17)8-13(15)18)9-16(21)19-14-7-10-2-3-11(14)6-10/h4-5,8,10-11,14H,2-3,6-7,9H2,1H3,(H,19,21)/t10-,11-,14+/m0/s1. The number of hydrogen-bond donors (Lipinski definition) is 1. The molecule has 2 saturated carbocycles. The lowest BCUT2D eigenvalue weighted by molar-refractivity contribution is -0.120. The zero-order valence-electron chi connectivity index (χ0n) is 13.3. The number of nitrogens with one attached hydrogen (secondary N) is 1. The first-order valence-electron chi connectivity index (χ1n) is 7.96. The number of carbonyl (C=O) groups excluding carboxylic acids is 1. The van der Waals surface area contributed by atoms with E-state index in [1.54, 1.807) is 6.07 Å². The van der Waals surface area contributed by atoms with E-state index in [-0.39, 0.29) is 29.2 Å². The van der Waals surface area contributed by atoms with Crippen LogP contribution in [0.3, 0.4) is 0 Å². The van der Waals surface area contributed by atoms with Crippen molar-refractivity contribution < 1.29 is 13.2 Å². The number of nitrogens with zero attached hydrogens (tertiary/aromatic N) is 1. The second-order valence-electron chi connectivity index (χ2n) is 6.71. The smallest absolute Gasteiger partial charge is 0.241 e. The summed E-state index contributed by atoms with van der Waals surface area (Å²) in [5.74, 6) is 0.936. The van der Waals surface area contributed by atoms with Gasteiger partial charge in [-0.2, -0.15) is 0 Å². The van der Waals surface area contributed by atoms with Crippen molar-refractivity contribution in [2.45, 2.75) is 31.7 Å². The monoisotopic (exact) mass is 390 g/mol. The average Bonchev–Trinajstić information content (AvgIpc) is 3.07. The molecule has 0 saturated heterocycles. The molecule has 8 heteroatoms. The Morgan fingerprint density at radius 1 is 1.29 bits per heavy atom. The Kier molecular flexibility index (Phi) is 5.00. The zero-order chi connectivity index (χ0) is 17.5. The number of rotatable bonds is 5. The van der Waals surface area contributed by atoms with Crippen molar-refractivity contribution >= 4 is 44.8 Å². The molecule has 2 fully saturated rings. The maximum Gasteiger partial charge on any atom is 0.241 e. The third kappa shape index (κ3) is 3.81. The molecule has 0 aliphatic heterocycles. The van der Waals surface area contributed by atoms with Gasteiger partial charge in [0.2, 0.25) is 15.9 Å². The van der Waals surface area contributed by atoms with Crippen LogP contribution in [-0.4, -0.2) is 33.2 Å². The molecular weight excluding hydrogens is 371 g/mol. The van der Waals surface area contributed by atoms with Crippen molar-refractivity contribution in [3.05, 3.63) is 28.2 Å². The number of carbonyl (C=O) groups is 1. The lowest BCUT2D eigenvalue weighted by atomic mass is 9.95. The fraction of sp³-hybridized carbons (Fsp3) is 0.562. The first-order valence-corrected chi connectivity index (χ1v) is 10.6. The van der Waals surface area contributed by atoms with E-state index in [1.165, 1.54) is 25.0 Å². The minimum Gasteiger partial charge on any atom is -0.352 e. The molecule has 5 nitrogen and oxygen atoms in total. The molecule has 3 atom stereocenters. The van der Waals surface area contributed by atoms with Gasteiger partial charge >= 0.3 is 0 Å². The van der Waals surface area contributed by atoms with Crippen LogP contribution in [0.25, 0.3) is 0 Å². The molecule has 0 unspecified atom stereocenters. The summed E-state index contributed by atoms with van der Waals surface area (Å²) in [6, 6.07) is 4.69. The second-order valence-corrected chi connectivity index (χ2v) is 9.46. The Hall–Kier alpha value is -0.980. The van der Waals surface area contributed by atoms with Gasteiger partial charge in [-0.1, -0.05) is 29.6 Å². The SMILES string of the molecule is CS(=O)(=O)N(CC(=O)N[C@@H]1C[C@H]2CC[C@H]1C2)c1ccc(Cl)cc1Cl. The van der Waals surface area contributed by atoms with Crippen LogP contribution in [-0.2, 0) is 14.8 Å². The van der Waals surface area contributed by atoms with Crippen LogP contribution in [0, 0.1) is 11.8 Å². The van der Waals surface area contributed by atoms with Crippen molar-refractivity contribution in [2.24, 2.45) is 11.8 Å². The van der Waals surface area contributed by atoms with Gasteiger partial charge < -0.3 is 5.32 Å². The number of hydrogen-bond acceptors (Lipinski definition) is 3. The van der Waals surface area contributed by atoms with Gasteiger partial charge in [0.05, 0.1) is 17.0 Å². The van der Waals surface area contributed by atoms with Gasteiger partial charge in [-0.3, -0.25) is 9.10 Å². The highest BCUT2D eigenvalue weighted by molar-refractivity contribution is 7.92. The first-order chi connectivity index (χ1) is 11.2. The lowest BCUT2D eigenvalue weighted by Gasteiger charge is -2.26. The van der Waals surface area contributed by atoms with E-state index in [0.717, 1.165) is 23.4 Å². The molecule has 0 heterocycles. The minimum absolute atomic E-state index is 0.165. The van der Waals surface area contributed by atoms with E-state index < -0.39 is 10.0 Å². The molecule has 1 amide bonds. The Balaban J connectivity index is 1.74. The molecular formula is C16H20Cl2N2O3S. The number of benzene rings is 1. The molecule has 1 aromatic carbocycles. The highest BCUT2D eigenvalue weighted by Crippen LogP contribution is 2.44. The van der Waals surface area contributed by atoms with Crippen LogP contribution in [0.1, 0.15) is 25.7 Å². The second kappa shape index (κ2) is 6.73. The van der Waals surface area contributed by atoms with Crippen LogP contribution in [0.2, 0.25) is 10.0 Å². The molecule has 2 aliphatic carbocycles. The summed E-state index contributed by atoms with van der Waals surface area (Å²) in [6.45, 7) is -0.284. The van der Waals surface area contributed by atoms with Crippen molar-refractivity contribution in [1.29, 1.82) is 0 Å². The van der Waals surface area contributed by atoms with Gasteiger partial charge in [-0.15, -0.1) is 0 Å². The number of fused-ring (bicyclic) bond motifs is 2. The van der Waals surface area contributed by atoms with Crippen molar-refractivity contribution in [1.82, 2.24) is 5.32 Å². The van der Waals surface area contributed by atoms with Crippen LogP contribution >= 0.6 is 23.2 Å². The van der Waals surface area contributed by atoms with Crippen LogP contribution < -0.4 is 9.62 Å². The summed E-state index contributed by atoms with van der Waals surface area (Å²) in [5.41, 5.74) is 0.256. The summed E-state index contributed by atoms with van der Waals surface area (Å²) < 4.78 is 25.3. The van der Waals surface area contributed by atoms with Crippen molar-refractivity contribution in [3.63, 3.8) is 0 Å². The number of anilines is 1. The maximum atomic E-state index is 12.4. The Morgan fingerprint density at radius 2 is 2.04 bits per heavy atom. The van der Waals surface area contributed by atoms with Gasteiger partial charge in [0.1, 0.15) is 6.54 Å². The van der Waals surface area contributed by atoms with Crippen LogP contribution in [0.5, 0.6) is 0 Å². The van der Waals surface area contributed by atoms with Gasteiger partial charge in [-0.05, 0) is 49.3 Å². The Morgan fingerprint density at radius 3 is 2.58 bits per heavy atom. The van der Waals surface area contributed by atoms with Crippen molar-refractivity contribution in [3.8, 4) is 0 Å². The van der Waals surface area contributed by atoms with Crippen molar-refractivity contribution in [2.75, 3.05) is 17.1 Å². The molecule has 2 bridgehead atoms. The number of halogens is 2. The minimum atomic E-state index is -3.65. The molecule has 2 aliphatic rings. The van der Waals surface area contributed by atoms with Gasteiger partial charge in [0.25, 0.3) is 0 Å². The topological polar surface area (TPSA) is 66.5 Å². The fourth-order valence-electron chi connectivity index (χ4n) is 3.87. The summed E-state index contributed by atoms with van der Waals surface area (Å²) in [6.07, 6.45) is 5.62. The van der Waals surface area contributed by atoms with Gasteiger partial charge in [0.15, 0.2) is 0 Å². The Labute approximate surface area is 152 Å². The third-order valence-electron chi connectivity index (χ3n) is 4.95. The fourth-order valence-corrected chi connectivity index (χ4v) is 5.30. The van der Waals surface area contributed by atoms with Gasteiger partial charge in [-0.25, -0.2) is 8.42 Å². The quantitative estimate of drug-likeness (QED) is 0.839. The highest BCUT2D eigenvalue weighted by atomic mass is 35.5. The summed E-state index contributed by atoms with van der Waals surface area (Å²) >= 11 is 12.0. The lowest BCUT2D eigenvalue weighted by Crippen LogP contribution is -2.45. The maximum absolute atomic E-state index is 12.4. The largest absolute Gasteiger partial charge is 0.352 e. The average molecular weight is 391 g/mol. The first kappa shape index (κ1) is 17.8. The highest BCUT2D eigenvalue weighted by Gasteiger charge is 2.40. The summed E-state index contributed by atoms with van der Waals surface area (Å²) in [7, 11) is -3.65. The van der Waals surface area contributed by atoms with E-state index >= 15 is 0 Å². The predicted molar refractivity (Wildman–Crippen MR) is 96.0 cm³/mol. The molecule has 3 rings (SSSR count). The van der Waals surface area contributed by atoms with E-state index in [4.69, 9.17) is 23.2 Å². The van der Waals surface area contributed by atoms with E-state index in [0.29, 0.717) is 16.9 Å². The van der Waals surface area contributed by atoms with Crippen LogP contribution in [0.4, 0.5) is 5.69 Å². The summed E-state index contributed by atoms with van der Waals surface area (Å²) in [4.78, 5) is 12.4. The number of sulfonamides is 1. The molecule has 1 N–H and O–H groups in total. The molecule has 0 aromatic heterocycles. The summed E-state index contributed by atoms with van der Waals surface area (Å²) in [5, 5.41) is 3.60. The van der Waals surface area contributed by atoms with Crippen LogP contribution in [0.15, 0.2) is 18.2 Å². The Bertz CT molecular complexity index is 754. The molecule has 0 radical (unpaired) electrons. The normalized spacial score (nSPS) is 25.7. The molecule has 24 heavy (non-hydrogen) atoms. The molecule has 1 aromatic rings. The zero-order valence-corrected chi connectivity index (χ0v) is 15.7. The predicted octanol–water partition coefficient (Wildman–Crippen LogP) is 3.06. The molecule has 0 spiro atoms.